The standard InChI is InChI=1S/C19H17N3O5/c1-12-16(18(23)27-2)17(13-7-6-10-15(11-13)22(25)26)20-19(24)21(12)14-8-4-3-5-9-14/h3-11,17H,1-2H3,(H,20,24)/t17-/m1/s1. The lowest BCUT2D eigenvalue weighted by molar-refractivity contribution is -0.384. The molecule has 1 heterocycles. The fraction of sp³-hybridized carbons (Fsp3) is 0.158. The molecular formula is C19H17N3O5. The Morgan fingerprint density at radius 2 is 1.89 bits per heavy atom. The van der Waals surface area contributed by atoms with Crippen LogP contribution in [0.3, 0.4) is 0 Å². The number of nitrogens with one attached hydrogen (secondary N) is 1. The Morgan fingerprint density at radius 3 is 2.52 bits per heavy atom. The number of hydrogen-bond donors (Lipinski definition) is 1. The minimum Gasteiger partial charge on any atom is -0.466 e. The van der Waals surface area contributed by atoms with Gasteiger partial charge in [-0.3, -0.25) is 15.0 Å². The molecule has 8 heteroatoms. The van der Waals surface area contributed by atoms with Gasteiger partial charge in [0.1, 0.15) is 0 Å². The number of benzene rings is 2. The lowest BCUT2D eigenvalue weighted by Gasteiger charge is -2.35. The molecule has 1 aliphatic heterocycles. The van der Waals surface area contributed by atoms with Crippen LogP contribution in [-0.4, -0.2) is 24.0 Å². The van der Waals surface area contributed by atoms with E-state index in [1.54, 1.807) is 37.3 Å². The summed E-state index contributed by atoms with van der Waals surface area (Å²) in [4.78, 5) is 37.2. The largest absolute Gasteiger partial charge is 0.466 e. The topological polar surface area (TPSA) is 102 Å². The normalized spacial score (nSPS) is 16.7. The molecule has 3 rings (SSSR count). The van der Waals surface area contributed by atoms with Crippen LogP contribution in [0, 0.1) is 10.1 Å². The molecule has 0 unspecified atom stereocenters. The van der Waals surface area contributed by atoms with Crippen LogP contribution in [0.2, 0.25) is 0 Å². The molecule has 0 spiro atoms. The molecule has 1 N–H and O–H groups in total. The average molecular weight is 367 g/mol. The van der Waals surface area contributed by atoms with Crippen LogP contribution in [0.4, 0.5) is 16.2 Å². The molecule has 0 radical (unpaired) electrons. The number of anilines is 1. The fourth-order valence-corrected chi connectivity index (χ4v) is 3.07. The second kappa shape index (κ2) is 7.28. The first kappa shape index (κ1) is 18.1. The van der Waals surface area contributed by atoms with E-state index in [4.69, 9.17) is 4.74 Å². The number of amides is 2. The molecule has 0 fully saturated rings. The predicted octanol–water partition coefficient (Wildman–Crippen LogP) is 3.31. The van der Waals surface area contributed by atoms with E-state index in [9.17, 15) is 19.7 Å². The van der Waals surface area contributed by atoms with Gasteiger partial charge in [-0.15, -0.1) is 0 Å². The molecule has 0 saturated heterocycles. The molecule has 27 heavy (non-hydrogen) atoms. The molecule has 0 saturated carbocycles. The zero-order valence-corrected chi connectivity index (χ0v) is 14.7. The van der Waals surface area contributed by atoms with Crippen LogP contribution < -0.4 is 10.2 Å². The molecule has 1 atom stereocenters. The van der Waals surface area contributed by atoms with E-state index < -0.39 is 23.0 Å². The number of para-hydroxylation sites is 1. The molecule has 2 aromatic carbocycles. The van der Waals surface area contributed by atoms with Gasteiger partial charge in [-0.25, -0.2) is 9.59 Å². The number of esters is 1. The highest BCUT2D eigenvalue weighted by atomic mass is 16.6. The van der Waals surface area contributed by atoms with Crippen LogP contribution in [0.15, 0.2) is 65.9 Å². The van der Waals surface area contributed by atoms with Crippen molar-refractivity contribution in [2.45, 2.75) is 13.0 Å². The van der Waals surface area contributed by atoms with Gasteiger partial charge < -0.3 is 10.1 Å². The number of nitro benzene ring substituents is 1. The molecule has 1 aliphatic rings. The molecule has 0 aromatic heterocycles. The van der Waals surface area contributed by atoms with E-state index in [0.717, 1.165) is 0 Å². The maximum Gasteiger partial charge on any atom is 0.337 e. The Morgan fingerprint density at radius 1 is 1.19 bits per heavy atom. The fourth-order valence-electron chi connectivity index (χ4n) is 3.07. The molecule has 0 aliphatic carbocycles. The highest BCUT2D eigenvalue weighted by Crippen LogP contribution is 2.34. The molecule has 0 bridgehead atoms. The molecule has 138 valence electrons. The van der Waals surface area contributed by atoms with Gasteiger partial charge in [-0.2, -0.15) is 0 Å². The monoisotopic (exact) mass is 367 g/mol. The number of nitrogens with zero attached hydrogens (tertiary/aromatic N) is 2. The summed E-state index contributed by atoms with van der Waals surface area (Å²) in [5, 5.41) is 13.8. The number of carbonyl (C=O) groups excluding carboxylic acids is 2. The highest BCUT2D eigenvalue weighted by molar-refractivity contribution is 6.03. The Bertz CT molecular complexity index is 939. The average Bonchev–Trinajstić information content (AvgIpc) is 2.68. The maximum absolute atomic E-state index is 12.8. The highest BCUT2D eigenvalue weighted by Gasteiger charge is 2.37. The summed E-state index contributed by atoms with van der Waals surface area (Å²) in [7, 11) is 1.25. The SMILES string of the molecule is COC(=O)C1=C(C)N(c2ccccc2)C(=O)N[C@@H]1c1cccc([N+](=O)[O-])c1. The van der Waals surface area contributed by atoms with Crippen molar-refractivity contribution in [1.29, 1.82) is 0 Å². The van der Waals surface area contributed by atoms with E-state index in [2.05, 4.69) is 5.32 Å². The summed E-state index contributed by atoms with van der Waals surface area (Å²) in [6, 6.07) is 13.4. The zero-order valence-electron chi connectivity index (χ0n) is 14.7. The predicted molar refractivity (Wildman–Crippen MR) is 98.0 cm³/mol. The number of rotatable bonds is 4. The number of hydrogen-bond acceptors (Lipinski definition) is 5. The Hall–Kier alpha value is -3.68. The van der Waals surface area contributed by atoms with Crippen molar-refractivity contribution in [2.24, 2.45) is 0 Å². The van der Waals surface area contributed by atoms with Crippen molar-refractivity contribution in [3.8, 4) is 0 Å². The summed E-state index contributed by atoms with van der Waals surface area (Å²) in [6.07, 6.45) is 0. The molecular weight excluding hydrogens is 350 g/mol. The summed E-state index contributed by atoms with van der Waals surface area (Å²) in [5.41, 5.74) is 1.49. The Kier molecular flexibility index (Phi) is 4.89. The van der Waals surface area contributed by atoms with Gasteiger partial charge in [0.15, 0.2) is 0 Å². The number of carbonyl (C=O) groups is 2. The van der Waals surface area contributed by atoms with Crippen molar-refractivity contribution < 1.29 is 19.2 Å². The van der Waals surface area contributed by atoms with E-state index in [-0.39, 0.29) is 11.3 Å². The van der Waals surface area contributed by atoms with Crippen molar-refractivity contribution in [3.63, 3.8) is 0 Å². The first-order valence-corrected chi connectivity index (χ1v) is 8.13. The number of ether oxygens (including phenoxy) is 1. The molecule has 2 aromatic rings. The minimum atomic E-state index is -0.857. The van der Waals surface area contributed by atoms with Gasteiger partial charge in [-0.05, 0) is 24.6 Å². The van der Waals surface area contributed by atoms with Gasteiger partial charge in [-0.1, -0.05) is 30.3 Å². The van der Waals surface area contributed by atoms with Gasteiger partial charge >= 0.3 is 12.0 Å². The van der Waals surface area contributed by atoms with Crippen LogP contribution >= 0.6 is 0 Å². The first-order chi connectivity index (χ1) is 12.9. The second-order valence-electron chi connectivity index (χ2n) is 5.90. The third-order valence-corrected chi connectivity index (χ3v) is 4.32. The molecule has 8 nitrogen and oxygen atoms in total. The number of methoxy groups -OCH3 is 1. The quantitative estimate of drug-likeness (QED) is 0.507. The summed E-state index contributed by atoms with van der Waals surface area (Å²) < 4.78 is 4.90. The van der Waals surface area contributed by atoms with Crippen LogP contribution in [0.1, 0.15) is 18.5 Å². The van der Waals surface area contributed by atoms with Crippen LogP contribution in [-0.2, 0) is 9.53 Å². The van der Waals surface area contributed by atoms with Gasteiger partial charge in [0, 0.05) is 17.8 Å². The number of non-ortho nitro benzene ring substituents is 1. The first-order valence-electron chi connectivity index (χ1n) is 8.13. The van der Waals surface area contributed by atoms with Crippen molar-refractivity contribution in [3.05, 3.63) is 81.5 Å². The Labute approximate surface area is 155 Å². The third-order valence-electron chi connectivity index (χ3n) is 4.32. The van der Waals surface area contributed by atoms with Crippen LogP contribution in [0.5, 0.6) is 0 Å². The van der Waals surface area contributed by atoms with Crippen molar-refractivity contribution in [2.75, 3.05) is 12.0 Å². The van der Waals surface area contributed by atoms with Gasteiger partial charge in [0.05, 0.1) is 29.3 Å². The van der Waals surface area contributed by atoms with Gasteiger partial charge in [0.2, 0.25) is 0 Å². The molecule has 2 amide bonds. The van der Waals surface area contributed by atoms with Crippen molar-refractivity contribution >= 4 is 23.4 Å². The summed E-state index contributed by atoms with van der Waals surface area (Å²) in [5.74, 6) is -0.620. The van der Waals surface area contributed by atoms with Crippen LogP contribution in [0.25, 0.3) is 0 Å². The van der Waals surface area contributed by atoms with E-state index in [0.29, 0.717) is 16.9 Å². The number of allylic oxidation sites excluding steroid dienone is 1. The lowest BCUT2D eigenvalue weighted by atomic mass is 9.94. The van der Waals surface area contributed by atoms with Crippen molar-refractivity contribution in [1.82, 2.24) is 5.32 Å². The maximum atomic E-state index is 12.8. The van der Waals surface area contributed by atoms with E-state index in [1.807, 2.05) is 6.07 Å². The summed E-state index contributed by atoms with van der Waals surface area (Å²) >= 11 is 0. The second-order valence-corrected chi connectivity index (χ2v) is 5.90. The smallest absolute Gasteiger partial charge is 0.337 e. The minimum absolute atomic E-state index is 0.130. The lowest BCUT2D eigenvalue weighted by Crippen LogP contribution is -2.48. The zero-order chi connectivity index (χ0) is 19.6. The summed E-state index contributed by atoms with van der Waals surface area (Å²) in [6.45, 7) is 1.64. The van der Waals surface area contributed by atoms with E-state index >= 15 is 0 Å². The number of urea groups is 1. The Balaban J connectivity index is 2.14. The van der Waals surface area contributed by atoms with Gasteiger partial charge in [0.25, 0.3) is 5.69 Å². The van der Waals surface area contributed by atoms with E-state index in [1.165, 1.54) is 30.2 Å². The number of nitro groups is 1. The third kappa shape index (κ3) is 3.37.